The van der Waals surface area contributed by atoms with Gasteiger partial charge in [0.2, 0.25) is 0 Å². The van der Waals surface area contributed by atoms with Crippen molar-refractivity contribution in [2.75, 3.05) is 5.43 Å². The maximum Gasteiger partial charge on any atom is 0.199 e. The van der Waals surface area contributed by atoms with E-state index in [0.717, 1.165) is 5.41 Å². The molecule has 0 spiro atoms. The summed E-state index contributed by atoms with van der Waals surface area (Å²) in [6.07, 6.45) is 4.14. The zero-order valence-corrected chi connectivity index (χ0v) is 11.2. The van der Waals surface area contributed by atoms with E-state index >= 15 is 0 Å². The molecule has 1 aromatic rings. The van der Waals surface area contributed by atoms with Gasteiger partial charge in [-0.25, -0.2) is 8.42 Å². The molecule has 19 heavy (non-hydrogen) atoms. The molecule has 0 saturated heterocycles. The van der Waals surface area contributed by atoms with Gasteiger partial charge in [0, 0.05) is 11.5 Å². The molecule has 2 N–H and O–H groups in total. The smallest absolute Gasteiger partial charge is 0.199 e. The van der Waals surface area contributed by atoms with E-state index < -0.39 is 9.84 Å². The Morgan fingerprint density at radius 2 is 2.11 bits per heavy atom. The molecule has 8 heteroatoms. The highest BCUT2D eigenvalue weighted by molar-refractivity contribution is 7.94. The number of hydrogen-bond donors (Lipinski definition) is 2. The molecule has 1 aliphatic rings. The highest BCUT2D eigenvalue weighted by atomic mass is 35.5. The lowest BCUT2D eigenvalue weighted by Gasteiger charge is -2.21. The summed E-state index contributed by atoms with van der Waals surface area (Å²) >= 11 is 5.70. The Kier molecular flexibility index (Phi) is 3.77. The first kappa shape index (κ1) is 13.4. The first-order valence-electron chi connectivity index (χ1n) is 5.14. The van der Waals surface area contributed by atoms with E-state index in [2.05, 4.69) is 28.7 Å². The third-order valence-electron chi connectivity index (χ3n) is 2.19. The van der Waals surface area contributed by atoms with Crippen molar-refractivity contribution >= 4 is 32.3 Å². The van der Waals surface area contributed by atoms with Gasteiger partial charge >= 0.3 is 0 Å². The third-order valence-corrected chi connectivity index (χ3v) is 3.75. The minimum absolute atomic E-state index is 0.174. The van der Waals surface area contributed by atoms with Crippen molar-refractivity contribution in [1.29, 1.82) is 0 Å². The van der Waals surface area contributed by atoms with Crippen LogP contribution < -0.4 is 10.9 Å². The first-order valence-corrected chi connectivity index (χ1v) is 7.06. The lowest BCUT2D eigenvalue weighted by atomic mass is 10.3. The van der Waals surface area contributed by atoms with Crippen molar-refractivity contribution in [2.45, 2.75) is 4.90 Å². The van der Waals surface area contributed by atoms with Crippen LogP contribution in [0.3, 0.4) is 0 Å². The van der Waals surface area contributed by atoms with Crippen LogP contribution in [0.25, 0.3) is 0 Å². The second-order valence-corrected chi connectivity index (χ2v) is 5.76. The number of allylic oxidation sites excluding steroid dienone is 1. The van der Waals surface area contributed by atoms with Gasteiger partial charge in [0.1, 0.15) is 0 Å². The molecule has 6 nitrogen and oxygen atoms in total. The van der Waals surface area contributed by atoms with E-state index in [4.69, 9.17) is 11.6 Å². The minimum atomic E-state index is -3.42. The van der Waals surface area contributed by atoms with Crippen molar-refractivity contribution < 1.29 is 8.42 Å². The molecule has 1 aliphatic heterocycles. The van der Waals surface area contributed by atoms with Gasteiger partial charge in [-0.2, -0.15) is 0 Å². The fraction of sp³-hybridized carbons (Fsp3) is 0. The fourth-order valence-corrected chi connectivity index (χ4v) is 2.13. The van der Waals surface area contributed by atoms with Crippen molar-refractivity contribution in [3.05, 3.63) is 48.5 Å². The Morgan fingerprint density at radius 1 is 1.42 bits per heavy atom. The fourth-order valence-electron chi connectivity index (χ4n) is 1.29. The Labute approximate surface area is 115 Å². The molecule has 0 amide bonds. The molecule has 0 aromatic heterocycles. The molecule has 1 aromatic carbocycles. The molecular formula is C11H10ClN4O2S. The summed E-state index contributed by atoms with van der Waals surface area (Å²) in [6.45, 7) is 3.27. The molecule has 2 rings (SSSR count). The zero-order valence-electron chi connectivity index (χ0n) is 9.67. The van der Waals surface area contributed by atoms with Crippen molar-refractivity contribution in [3.63, 3.8) is 0 Å². The molecule has 0 unspecified atom stereocenters. The molecule has 1 heterocycles. The van der Waals surface area contributed by atoms with Gasteiger partial charge in [-0.15, -0.1) is 10.3 Å². The van der Waals surface area contributed by atoms with Gasteiger partial charge in [-0.1, -0.05) is 18.2 Å². The van der Waals surface area contributed by atoms with Gasteiger partial charge in [-0.05, 0) is 24.3 Å². The van der Waals surface area contributed by atoms with Crippen LogP contribution in [0.5, 0.6) is 0 Å². The van der Waals surface area contributed by atoms with Crippen LogP contribution in [-0.2, 0) is 9.84 Å². The molecule has 0 fully saturated rings. The van der Waals surface area contributed by atoms with Crippen LogP contribution in [0.2, 0.25) is 0 Å². The van der Waals surface area contributed by atoms with Crippen LogP contribution >= 0.6 is 11.6 Å². The summed E-state index contributed by atoms with van der Waals surface area (Å²) in [5, 5.41) is 6.32. The van der Waals surface area contributed by atoms with Gasteiger partial charge in [-0.3, -0.25) is 10.9 Å². The highest BCUT2D eigenvalue weighted by Gasteiger charge is 2.10. The zero-order chi connectivity index (χ0) is 13.9. The number of nitrogens with zero attached hydrogens (tertiary/aromatic N) is 2. The Bertz CT molecular complexity index is 637. The van der Waals surface area contributed by atoms with Crippen LogP contribution in [0.15, 0.2) is 52.3 Å². The molecule has 99 valence electrons. The largest absolute Gasteiger partial charge is 0.263 e. The average molecular weight is 298 g/mol. The molecule has 0 saturated carbocycles. The van der Waals surface area contributed by atoms with Gasteiger partial charge in [0.15, 0.2) is 15.0 Å². The van der Waals surface area contributed by atoms with Crippen LogP contribution in [0.4, 0.5) is 5.69 Å². The minimum Gasteiger partial charge on any atom is -0.263 e. The lowest BCUT2D eigenvalue weighted by molar-refractivity contribution is 0.277. The van der Waals surface area contributed by atoms with Gasteiger partial charge in [0.25, 0.3) is 0 Å². The third kappa shape index (κ3) is 3.27. The number of hydrazine groups is 2. The SMILES string of the molecule is C=CS(=O)(=O)c1ccc(NN2N=C(Cl)C=[C]N2)cc1. The summed E-state index contributed by atoms with van der Waals surface area (Å²) in [7, 11) is -3.42. The molecular weight excluding hydrogens is 288 g/mol. The molecule has 0 bridgehead atoms. The van der Waals surface area contributed by atoms with E-state index in [1.165, 1.54) is 23.4 Å². The van der Waals surface area contributed by atoms with E-state index in [1.54, 1.807) is 12.1 Å². The number of sulfone groups is 1. The Balaban J connectivity index is 2.12. The van der Waals surface area contributed by atoms with Crippen molar-refractivity contribution in [2.24, 2.45) is 5.10 Å². The van der Waals surface area contributed by atoms with Gasteiger partial charge in [0.05, 0.1) is 16.8 Å². The molecule has 0 atom stereocenters. The normalized spacial score (nSPS) is 14.6. The Morgan fingerprint density at radius 3 is 2.68 bits per heavy atom. The van der Waals surface area contributed by atoms with E-state index in [0.29, 0.717) is 5.69 Å². The summed E-state index contributed by atoms with van der Waals surface area (Å²) in [5.74, 6) is 0. The monoisotopic (exact) mass is 297 g/mol. The maximum absolute atomic E-state index is 11.5. The average Bonchev–Trinajstić information content (AvgIpc) is 2.39. The number of rotatable bonds is 4. The predicted molar refractivity (Wildman–Crippen MR) is 73.5 cm³/mol. The topological polar surface area (TPSA) is 73.8 Å². The summed E-state index contributed by atoms with van der Waals surface area (Å²) in [6, 6.07) is 6.13. The number of anilines is 1. The number of hydrazone groups is 1. The van der Waals surface area contributed by atoms with Crippen LogP contribution in [0, 0.1) is 6.20 Å². The molecule has 1 radical (unpaired) electrons. The van der Waals surface area contributed by atoms with Gasteiger partial charge < -0.3 is 0 Å². The van der Waals surface area contributed by atoms with Crippen LogP contribution in [0.1, 0.15) is 0 Å². The van der Waals surface area contributed by atoms with Crippen LogP contribution in [-0.4, -0.2) is 18.8 Å². The summed E-state index contributed by atoms with van der Waals surface area (Å²) in [4.78, 5) is 0.174. The second kappa shape index (κ2) is 5.33. The van der Waals surface area contributed by atoms with E-state index in [1.807, 2.05) is 0 Å². The lowest BCUT2D eigenvalue weighted by Crippen LogP contribution is -2.37. The Hall–Kier alpha value is -1.99. The number of nitrogens with one attached hydrogen (secondary N) is 2. The number of halogens is 1. The van der Waals surface area contributed by atoms with E-state index in [9.17, 15) is 8.42 Å². The summed E-state index contributed by atoms with van der Waals surface area (Å²) < 4.78 is 23.1. The van der Waals surface area contributed by atoms with E-state index in [-0.39, 0.29) is 10.1 Å². The summed E-state index contributed by atoms with van der Waals surface area (Å²) in [5.41, 5.74) is 6.15. The second-order valence-electron chi connectivity index (χ2n) is 3.48. The first-order chi connectivity index (χ1) is 9.01. The molecule has 0 aliphatic carbocycles. The van der Waals surface area contributed by atoms with Crippen molar-refractivity contribution in [3.8, 4) is 0 Å². The predicted octanol–water partition coefficient (Wildman–Crippen LogP) is 1.62. The quantitative estimate of drug-likeness (QED) is 0.883. The van der Waals surface area contributed by atoms with Crippen molar-refractivity contribution in [1.82, 2.24) is 10.7 Å². The number of hydrogen-bond acceptors (Lipinski definition) is 6. The number of benzene rings is 1. The maximum atomic E-state index is 11.5. The standard InChI is InChI=1S/C11H10ClN4O2S/c1-2-19(17,18)10-5-3-9(4-6-10)14-16-13-8-7-11(12)15-16/h2-7,13-14H,1H2. The highest BCUT2D eigenvalue weighted by Crippen LogP contribution is 2.16.